The van der Waals surface area contributed by atoms with Gasteiger partial charge in [-0.3, -0.25) is 9.78 Å². The van der Waals surface area contributed by atoms with Crippen molar-refractivity contribution in [2.45, 2.75) is 6.61 Å². The third-order valence-corrected chi connectivity index (χ3v) is 5.43. The number of pyridine rings is 2. The first-order valence-electron chi connectivity index (χ1n) is 10.8. The second-order valence-corrected chi connectivity index (χ2v) is 8.70. The lowest BCUT2D eigenvalue weighted by molar-refractivity contribution is -0.111. The molecule has 0 aliphatic carbocycles. The van der Waals surface area contributed by atoms with Crippen LogP contribution in [0.1, 0.15) is 5.69 Å². The van der Waals surface area contributed by atoms with E-state index in [0.717, 1.165) is 21.2 Å². The van der Waals surface area contributed by atoms with Crippen LogP contribution in [0, 0.1) is 0 Å². The Labute approximate surface area is 211 Å². The topological polar surface area (TPSA) is 105 Å². The van der Waals surface area contributed by atoms with Crippen LogP contribution in [0.5, 0.6) is 5.75 Å². The van der Waals surface area contributed by atoms with Gasteiger partial charge in [-0.25, -0.2) is 15.0 Å². The summed E-state index contributed by atoms with van der Waals surface area (Å²) in [6, 6.07) is 13.1. The fraction of sp³-hybridized carbons (Fsp3) is 0.160. The SMILES string of the molecule is CN(C)C/C=C/C(=O)Nc1cc2c(Nc3ccc(OCc4ccccn4)c(Br)c3)ncnc2cn1. The van der Waals surface area contributed by atoms with E-state index in [1.54, 1.807) is 24.5 Å². The lowest BCUT2D eigenvalue weighted by Gasteiger charge is -2.12. The molecule has 178 valence electrons. The molecule has 0 saturated carbocycles. The first-order chi connectivity index (χ1) is 17.0. The quantitative estimate of drug-likeness (QED) is 0.301. The highest BCUT2D eigenvalue weighted by atomic mass is 79.9. The van der Waals surface area contributed by atoms with Gasteiger partial charge in [0.2, 0.25) is 5.91 Å². The molecule has 2 N–H and O–H groups in total. The monoisotopic (exact) mass is 533 g/mol. The van der Waals surface area contributed by atoms with Gasteiger partial charge >= 0.3 is 0 Å². The number of nitrogens with one attached hydrogen (secondary N) is 2. The lowest BCUT2D eigenvalue weighted by atomic mass is 10.2. The molecule has 0 bridgehead atoms. The fourth-order valence-electron chi connectivity index (χ4n) is 3.13. The maximum atomic E-state index is 12.2. The summed E-state index contributed by atoms with van der Waals surface area (Å²) >= 11 is 3.57. The Bertz CT molecular complexity index is 1350. The maximum absolute atomic E-state index is 12.2. The van der Waals surface area contributed by atoms with Gasteiger partial charge in [0.05, 0.1) is 21.9 Å². The molecule has 9 nitrogen and oxygen atoms in total. The number of anilines is 3. The number of likely N-dealkylation sites (N-methyl/N-ethyl adjacent to an activating group) is 1. The Kier molecular flexibility index (Phi) is 7.96. The van der Waals surface area contributed by atoms with Crippen molar-refractivity contribution in [1.29, 1.82) is 0 Å². The molecule has 0 atom stereocenters. The van der Waals surface area contributed by atoms with Gasteiger partial charge in [-0.1, -0.05) is 12.1 Å². The number of carbonyl (C=O) groups is 1. The standard InChI is InChI=1S/C25H24BrN7O2/c1-33(2)11-5-7-24(34)32-23-13-19-21(14-28-23)29-16-30-25(19)31-17-8-9-22(20(26)12-17)35-15-18-6-3-4-10-27-18/h3-10,12-14,16H,11,15H2,1-2H3,(H,28,32,34)(H,29,30,31)/b7-5+. The molecule has 3 heterocycles. The maximum Gasteiger partial charge on any atom is 0.249 e. The van der Waals surface area contributed by atoms with Crippen LogP contribution in [0.4, 0.5) is 17.3 Å². The van der Waals surface area contributed by atoms with Crippen LogP contribution in [0.15, 0.2) is 77.8 Å². The third kappa shape index (κ3) is 6.81. The highest BCUT2D eigenvalue weighted by molar-refractivity contribution is 9.10. The summed E-state index contributed by atoms with van der Waals surface area (Å²) in [6.45, 7) is 1.04. The van der Waals surface area contributed by atoms with Crippen molar-refractivity contribution >= 4 is 50.1 Å². The summed E-state index contributed by atoms with van der Waals surface area (Å²) in [6.07, 6.45) is 8.08. The highest BCUT2D eigenvalue weighted by Gasteiger charge is 2.10. The zero-order valence-electron chi connectivity index (χ0n) is 19.3. The minimum Gasteiger partial charge on any atom is -0.486 e. The predicted octanol–water partition coefficient (Wildman–Crippen LogP) is 4.56. The number of nitrogens with zero attached hydrogens (tertiary/aromatic N) is 5. The van der Waals surface area contributed by atoms with Crippen molar-refractivity contribution in [2.24, 2.45) is 0 Å². The number of hydrogen-bond donors (Lipinski definition) is 2. The molecule has 1 amide bonds. The van der Waals surface area contributed by atoms with Gasteiger partial charge in [-0.05, 0) is 66.4 Å². The molecule has 3 aromatic heterocycles. The number of hydrogen-bond acceptors (Lipinski definition) is 8. The van der Waals surface area contributed by atoms with E-state index in [-0.39, 0.29) is 5.91 Å². The van der Waals surface area contributed by atoms with Gasteiger partial charge in [-0.15, -0.1) is 0 Å². The van der Waals surface area contributed by atoms with Gasteiger partial charge < -0.3 is 20.3 Å². The number of benzene rings is 1. The lowest BCUT2D eigenvalue weighted by Crippen LogP contribution is -2.13. The van der Waals surface area contributed by atoms with E-state index >= 15 is 0 Å². The second-order valence-electron chi connectivity index (χ2n) is 7.84. The highest BCUT2D eigenvalue weighted by Crippen LogP contribution is 2.31. The zero-order chi connectivity index (χ0) is 24.6. The van der Waals surface area contributed by atoms with Gasteiger partial charge in [-0.2, -0.15) is 0 Å². The summed E-state index contributed by atoms with van der Waals surface area (Å²) in [5, 5.41) is 6.81. The van der Waals surface area contributed by atoms with Gasteiger partial charge in [0.1, 0.15) is 30.3 Å². The molecule has 4 rings (SSSR count). The minimum atomic E-state index is -0.254. The van der Waals surface area contributed by atoms with Crippen LogP contribution >= 0.6 is 15.9 Å². The van der Waals surface area contributed by atoms with Crippen molar-refractivity contribution in [3.8, 4) is 5.75 Å². The van der Waals surface area contributed by atoms with Crippen LogP contribution in [0.3, 0.4) is 0 Å². The summed E-state index contributed by atoms with van der Waals surface area (Å²) < 4.78 is 6.66. The van der Waals surface area contributed by atoms with Gasteiger partial charge in [0, 0.05) is 29.9 Å². The molecule has 10 heteroatoms. The van der Waals surface area contributed by atoms with Gasteiger partial charge in [0.15, 0.2) is 0 Å². The predicted molar refractivity (Wildman–Crippen MR) is 140 cm³/mol. The summed E-state index contributed by atoms with van der Waals surface area (Å²) in [7, 11) is 3.87. The molecule has 0 aliphatic rings. The van der Waals surface area contributed by atoms with Crippen LogP contribution in [-0.2, 0) is 11.4 Å². The Morgan fingerprint density at radius 3 is 2.77 bits per heavy atom. The first-order valence-corrected chi connectivity index (χ1v) is 11.6. The largest absolute Gasteiger partial charge is 0.486 e. The number of halogens is 1. The zero-order valence-corrected chi connectivity index (χ0v) is 20.9. The normalized spacial score (nSPS) is 11.2. The van der Waals surface area contributed by atoms with Crippen molar-refractivity contribution in [2.75, 3.05) is 31.3 Å². The molecule has 35 heavy (non-hydrogen) atoms. The van der Waals surface area contributed by atoms with Crippen LogP contribution in [0.25, 0.3) is 10.9 Å². The smallest absolute Gasteiger partial charge is 0.249 e. The fourth-order valence-corrected chi connectivity index (χ4v) is 3.63. The Morgan fingerprint density at radius 2 is 2.00 bits per heavy atom. The van der Waals surface area contributed by atoms with E-state index in [9.17, 15) is 4.79 Å². The van der Waals surface area contributed by atoms with E-state index in [4.69, 9.17) is 4.74 Å². The van der Waals surface area contributed by atoms with Crippen LogP contribution < -0.4 is 15.4 Å². The summed E-state index contributed by atoms with van der Waals surface area (Å²) in [4.78, 5) is 31.4. The van der Waals surface area contributed by atoms with E-state index in [0.29, 0.717) is 36.1 Å². The molecule has 0 spiro atoms. The second kappa shape index (κ2) is 11.5. The number of rotatable bonds is 9. The van der Waals surface area contributed by atoms with Crippen molar-refractivity contribution in [3.05, 3.63) is 83.5 Å². The molecule has 1 aromatic carbocycles. The molecule has 0 unspecified atom stereocenters. The molecule has 0 fully saturated rings. The van der Waals surface area contributed by atoms with Gasteiger partial charge in [0.25, 0.3) is 0 Å². The van der Waals surface area contributed by atoms with E-state index < -0.39 is 0 Å². The summed E-state index contributed by atoms with van der Waals surface area (Å²) in [5.74, 6) is 1.44. The van der Waals surface area contributed by atoms with E-state index in [1.807, 2.05) is 55.4 Å². The minimum absolute atomic E-state index is 0.254. The van der Waals surface area contributed by atoms with Crippen molar-refractivity contribution in [3.63, 3.8) is 0 Å². The average molecular weight is 534 g/mol. The first kappa shape index (κ1) is 24.2. The molecule has 4 aromatic rings. The van der Waals surface area contributed by atoms with Crippen molar-refractivity contribution in [1.82, 2.24) is 24.8 Å². The average Bonchev–Trinajstić information content (AvgIpc) is 2.84. The number of fused-ring (bicyclic) bond motifs is 1. The van der Waals surface area contributed by atoms with Crippen LogP contribution in [0.2, 0.25) is 0 Å². The number of aromatic nitrogens is 4. The van der Waals surface area contributed by atoms with Crippen molar-refractivity contribution < 1.29 is 9.53 Å². The summed E-state index contributed by atoms with van der Waals surface area (Å²) in [5.41, 5.74) is 2.30. The molecular formula is C25H24BrN7O2. The number of ether oxygens (including phenoxy) is 1. The Hall–Kier alpha value is -3.89. The van der Waals surface area contributed by atoms with E-state index in [2.05, 4.69) is 46.5 Å². The Morgan fingerprint density at radius 1 is 1.11 bits per heavy atom. The third-order valence-electron chi connectivity index (χ3n) is 4.81. The number of amides is 1. The Balaban J connectivity index is 1.48. The van der Waals surface area contributed by atoms with E-state index in [1.165, 1.54) is 12.4 Å². The molecular weight excluding hydrogens is 510 g/mol. The molecule has 0 aliphatic heterocycles. The molecule has 0 saturated heterocycles. The number of carbonyl (C=O) groups excluding carboxylic acids is 1. The van der Waals surface area contributed by atoms with Crippen LogP contribution in [-0.4, -0.2) is 51.4 Å². The molecule has 0 radical (unpaired) electrons.